The molecule has 0 saturated carbocycles. The number of benzene rings is 2. The van der Waals surface area contributed by atoms with Crippen LogP contribution in [0.5, 0.6) is 5.75 Å². The van der Waals surface area contributed by atoms with Crippen molar-refractivity contribution in [2.45, 2.75) is 38.9 Å². The fourth-order valence-electron chi connectivity index (χ4n) is 4.35. The van der Waals surface area contributed by atoms with Crippen molar-refractivity contribution < 1.29 is 9.90 Å². The third kappa shape index (κ3) is 4.91. The molecule has 1 amide bonds. The zero-order valence-electron chi connectivity index (χ0n) is 18.2. The van der Waals surface area contributed by atoms with Gasteiger partial charge in [-0.2, -0.15) is 0 Å². The summed E-state index contributed by atoms with van der Waals surface area (Å²) in [5.74, 6) is 0.209. The van der Waals surface area contributed by atoms with Gasteiger partial charge in [-0.05, 0) is 56.2 Å². The fraction of sp³-hybridized carbons (Fsp3) is 0.400. The second-order valence-electron chi connectivity index (χ2n) is 8.12. The molecule has 0 bridgehead atoms. The first-order chi connectivity index (χ1) is 14.4. The van der Waals surface area contributed by atoms with Crippen molar-refractivity contribution in [1.29, 1.82) is 0 Å². The highest BCUT2D eigenvalue weighted by molar-refractivity contribution is 5.94. The molecule has 5 nitrogen and oxygen atoms in total. The van der Waals surface area contributed by atoms with Crippen LogP contribution in [0, 0.1) is 0 Å². The lowest BCUT2D eigenvalue weighted by atomic mass is 9.92. The second kappa shape index (κ2) is 9.92. The SMILES string of the molecule is C=CCN1C[C@H](C)N([C@H](c2ccc(C(=O)NCC)cc2)c2cccc(O)c2)C[C@H]1C. The van der Waals surface area contributed by atoms with E-state index in [1.165, 1.54) is 0 Å². The molecule has 1 aliphatic rings. The summed E-state index contributed by atoms with van der Waals surface area (Å²) in [5, 5.41) is 13.0. The van der Waals surface area contributed by atoms with Crippen LogP contribution in [-0.2, 0) is 0 Å². The maximum Gasteiger partial charge on any atom is 0.251 e. The Balaban J connectivity index is 1.96. The second-order valence-corrected chi connectivity index (χ2v) is 8.12. The topological polar surface area (TPSA) is 55.8 Å². The largest absolute Gasteiger partial charge is 0.508 e. The number of carbonyl (C=O) groups is 1. The molecule has 2 N–H and O–H groups in total. The number of carbonyl (C=O) groups excluding carboxylic acids is 1. The van der Waals surface area contributed by atoms with Crippen LogP contribution < -0.4 is 5.32 Å². The molecule has 2 aromatic rings. The Morgan fingerprint density at radius 2 is 1.90 bits per heavy atom. The highest BCUT2D eigenvalue weighted by atomic mass is 16.3. The van der Waals surface area contributed by atoms with Crippen molar-refractivity contribution in [3.05, 3.63) is 77.9 Å². The molecule has 0 aliphatic carbocycles. The number of aromatic hydroxyl groups is 1. The van der Waals surface area contributed by atoms with E-state index >= 15 is 0 Å². The van der Waals surface area contributed by atoms with Crippen molar-refractivity contribution in [2.75, 3.05) is 26.2 Å². The predicted molar refractivity (Wildman–Crippen MR) is 122 cm³/mol. The third-order valence-electron chi connectivity index (χ3n) is 5.87. The van der Waals surface area contributed by atoms with Gasteiger partial charge in [-0.1, -0.05) is 30.3 Å². The van der Waals surface area contributed by atoms with E-state index in [-0.39, 0.29) is 17.7 Å². The lowest BCUT2D eigenvalue weighted by molar-refractivity contribution is 0.0306. The molecule has 2 aromatic carbocycles. The van der Waals surface area contributed by atoms with E-state index in [1.54, 1.807) is 6.07 Å². The maximum absolute atomic E-state index is 12.2. The summed E-state index contributed by atoms with van der Waals surface area (Å²) < 4.78 is 0. The lowest BCUT2D eigenvalue weighted by Crippen LogP contribution is -2.57. The number of hydrogen-bond acceptors (Lipinski definition) is 4. The van der Waals surface area contributed by atoms with Crippen molar-refractivity contribution in [3.8, 4) is 5.75 Å². The van der Waals surface area contributed by atoms with Crippen molar-refractivity contribution in [3.63, 3.8) is 0 Å². The lowest BCUT2D eigenvalue weighted by Gasteiger charge is -2.47. The molecular weight excluding hydrogens is 374 g/mol. The van der Waals surface area contributed by atoms with E-state index in [9.17, 15) is 9.90 Å². The average Bonchev–Trinajstić information content (AvgIpc) is 2.72. The minimum Gasteiger partial charge on any atom is -0.508 e. The third-order valence-corrected chi connectivity index (χ3v) is 5.87. The monoisotopic (exact) mass is 407 g/mol. The molecule has 1 heterocycles. The highest BCUT2D eigenvalue weighted by Gasteiger charge is 2.34. The quantitative estimate of drug-likeness (QED) is 0.686. The number of phenols is 1. The van der Waals surface area contributed by atoms with Gasteiger partial charge in [0.25, 0.3) is 5.91 Å². The number of hydrogen-bond donors (Lipinski definition) is 2. The van der Waals surface area contributed by atoms with Gasteiger partial charge < -0.3 is 10.4 Å². The van der Waals surface area contributed by atoms with Gasteiger partial charge in [0, 0.05) is 43.8 Å². The molecule has 0 aromatic heterocycles. The molecule has 1 saturated heterocycles. The summed E-state index contributed by atoms with van der Waals surface area (Å²) in [4.78, 5) is 17.1. The van der Waals surface area contributed by atoms with Crippen LogP contribution in [0.25, 0.3) is 0 Å². The zero-order chi connectivity index (χ0) is 21.7. The molecule has 3 atom stereocenters. The number of rotatable bonds is 7. The van der Waals surface area contributed by atoms with E-state index in [0.29, 0.717) is 24.2 Å². The Hall–Kier alpha value is -2.63. The van der Waals surface area contributed by atoms with Crippen LogP contribution in [0.15, 0.2) is 61.2 Å². The van der Waals surface area contributed by atoms with Gasteiger partial charge in [0.1, 0.15) is 5.75 Å². The maximum atomic E-state index is 12.2. The van der Waals surface area contributed by atoms with E-state index in [1.807, 2.05) is 49.4 Å². The molecule has 0 unspecified atom stereocenters. The molecule has 160 valence electrons. The first kappa shape index (κ1) is 22.1. The van der Waals surface area contributed by atoms with Gasteiger partial charge in [0.05, 0.1) is 6.04 Å². The minimum atomic E-state index is -0.0574. The number of nitrogens with one attached hydrogen (secondary N) is 1. The van der Waals surface area contributed by atoms with Gasteiger partial charge >= 0.3 is 0 Å². The van der Waals surface area contributed by atoms with Crippen LogP contribution in [0.2, 0.25) is 0 Å². The van der Waals surface area contributed by atoms with Crippen LogP contribution in [0.3, 0.4) is 0 Å². The van der Waals surface area contributed by atoms with Crippen molar-refractivity contribution in [1.82, 2.24) is 15.1 Å². The normalized spacial score (nSPS) is 21.2. The number of piperazine rings is 1. The summed E-state index contributed by atoms with van der Waals surface area (Å²) in [6.07, 6.45) is 1.96. The molecule has 30 heavy (non-hydrogen) atoms. The molecule has 1 aliphatic heterocycles. The van der Waals surface area contributed by atoms with Crippen LogP contribution in [-0.4, -0.2) is 59.1 Å². The number of phenolic OH excluding ortho intramolecular Hbond substituents is 1. The number of amides is 1. The molecule has 5 heteroatoms. The molecule has 1 fully saturated rings. The summed E-state index contributed by atoms with van der Waals surface area (Å²) in [7, 11) is 0. The van der Waals surface area contributed by atoms with Crippen molar-refractivity contribution >= 4 is 5.91 Å². The fourth-order valence-corrected chi connectivity index (χ4v) is 4.35. The minimum absolute atomic E-state index is 0.00344. The van der Waals surface area contributed by atoms with E-state index in [2.05, 4.69) is 41.6 Å². The Morgan fingerprint density at radius 3 is 2.53 bits per heavy atom. The average molecular weight is 408 g/mol. The van der Waals surface area contributed by atoms with E-state index in [0.717, 1.165) is 30.8 Å². The zero-order valence-corrected chi connectivity index (χ0v) is 18.2. The standard InChI is InChI=1S/C25H33N3O2/c1-5-14-27-16-19(4)28(17-18(27)3)24(22-8-7-9-23(29)15-22)20-10-12-21(13-11-20)25(30)26-6-2/h5,7-13,15,18-19,24,29H,1,6,14,16-17H2,2-4H3,(H,26,30)/t18-,19+,24-/m1/s1. The first-order valence-corrected chi connectivity index (χ1v) is 10.7. The number of nitrogens with zero attached hydrogens (tertiary/aromatic N) is 2. The Bertz CT molecular complexity index is 865. The molecule has 3 rings (SSSR count). The van der Waals surface area contributed by atoms with Crippen LogP contribution >= 0.6 is 0 Å². The Morgan fingerprint density at radius 1 is 1.17 bits per heavy atom. The summed E-state index contributed by atoms with van der Waals surface area (Å²) in [5.41, 5.74) is 2.83. The summed E-state index contributed by atoms with van der Waals surface area (Å²) >= 11 is 0. The Labute approximate surface area is 180 Å². The summed E-state index contributed by atoms with van der Waals surface area (Å²) in [6.45, 7) is 13.7. The van der Waals surface area contributed by atoms with Gasteiger partial charge in [-0.25, -0.2) is 0 Å². The smallest absolute Gasteiger partial charge is 0.251 e. The van der Waals surface area contributed by atoms with E-state index < -0.39 is 0 Å². The first-order valence-electron chi connectivity index (χ1n) is 10.7. The van der Waals surface area contributed by atoms with Crippen molar-refractivity contribution in [2.24, 2.45) is 0 Å². The molecule has 0 spiro atoms. The molecular formula is C25H33N3O2. The van der Waals surface area contributed by atoms with Crippen LogP contribution in [0.4, 0.5) is 0 Å². The predicted octanol–water partition coefficient (Wildman–Crippen LogP) is 3.81. The Kier molecular flexibility index (Phi) is 7.29. The van der Waals surface area contributed by atoms with Gasteiger partial charge in [-0.15, -0.1) is 6.58 Å². The van der Waals surface area contributed by atoms with Crippen LogP contribution in [0.1, 0.15) is 48.3 Å². The van der Waals surface area contributed by atoms with Gasteiger partial charge in [0.15, 0.2) is 0 Å². The van der Waals surface area contributed by atoms with E-state index in [4.69, 9.17) is 0 Å². The molecule has 0 radical (unpaired) electrons. The summed E-state index contributed by atoms with van der Waals surface area (Å²) in [6, 6.07) is 16.1. The van der Waals surface area contributed by atoms with Gasteiger partial charge in [-0.3, -0.25) is 14.6 Å². The van der Waals surface area contributed by atoms with Gasteiger partial charge in [0.2, 0.25) is 0 Å². The highest BCUT2D eigenvalue weighted by Crippen LogP contribution is 2.34.